The van der Waals surface area contributed by atoms with Gasteiger partial charge in [0.1, 0.15) is 5.84 Å². The Balaban J connectivity index is 2.06. The van der Waals surface area contributed by atoms with Gasteiger partial charge in [-0.05, 0) is 36.6 Å². The quantitative estimate of drug-likeness (QED) is 0.393. The summed E-state index contributed by atoms with van der Waals surface area (Å²) in [6.45, 7) is 0. The molecule has 1 aromatic carbocycles. The summed E-state index contributed by atoms with van der Waals surface area (Å²) in [7, 11) is 0. The average Bonchev–Trinajstić information content (AvgIpc) is 2.48. The van der Waals surface area contributed by atoms with E-state index in [4.69, 9.17) is 16.9 Å². The Bertz CT molecular complexity index is 520. The first-order valence-corrected chi connectivity index (χ1v) is 7.32. The van der Waals surface area contributed by atoms with E-state index >= 15 is 0 Å². The second-order valence-electron chi connectivity index (χ2n) is 4.93. The first kappa shape index (κ1) is 14.6. The highest BCUT2D eigenvalue weighted by atomic mass is 35.5. The molecule has 0 aromatic heterocycles. The Labute approximate surface area is 125 Å². The third-order valence-electron chi connectivity index (χ3n) is 3.38. The molecule has 0 bridgehead atoms. The number of hydrogen-bond acceptors (Lipinski definition) is 2. The zero-order valence-corrected chi connectivity index (χ0v) is 12.1. The molecule has 0 atom stereocenters. The van der Waals surface area contributed by atoms with Gasteiger partial charge in [-0.1, -0.05) is 49.1 Å². The minimum Gasteiger partial charge on any atom is -0.277 e. The van der Waals surface area contributed by atoms with Gasteiger partial charge < -0.3 is 0 Å². The van der Waals surface area contributed by atoms with Gasteiger partial charge in [0.25, 0.3) is 0 Å². The van der Waals surface area contributed by atoms with Crippen LogP contribution in [0.15, 0.2) is 35.3 Å². The zero-order chi connectivity index (χ0) is 14.2. The molecule has 0 radical (unpaired) electrons. The fourth-order valence-electron chi connectivity index (χ4n) is 2.33. The molecule has 1 N–H and O–H groups in total. The Morgan fingerprint density at radius 3 is 2.60 bits per heavy atom. The van der Waals surface area contributed by atoms with Crippen LogP contribution in [-0.2, 0) is 0 Å². The molecule has 0 unspecified atom stereocenters. The summed E-state index contributed by atoms with van der Waals surface area (Å²) in [4.78, 5) is 4.63. The third-order valence-corrected chi connectivity index (χ3v) is 3.64. The predicted octanol–water partition coefficient (Wildman–Crippen LogP) is 4.16. The summed E-state index contributed by atoms with van der Waals surface area (Å²) in [5.41, 5.74) is 1.03. The number of aliphatic imine (C=N–C) groups is 1. The van der Waals surface area contributed by atoms with Crippen molar-refractivity contribution in [3.8, 4) is 6.19 Å². The number of nitrogens with one attached hydrogen (secondary N) is 1. The molecule has 104 valence electrons. The molecule has 2 rings (SSSR count). The van der Waals surface area contributed by atoms with E-state index in [1.807, 2.05) is 42.6 Å². The zero-order valence-electron chi connectivity index (χ0n) is 11.3. The number of benzene rings is 1. The van der Waals surface area contributed by atoms with E-state index in [9.17, 15) is 0 Å². The van der Waals surface area contributed by atoms with Gasteiger partial charge in [0.2, 0.25) is 0 Å². The summed E-state index contributed by atoms with van der Waals surface area (Å²) in [5.74, 6) is 0.634. The van der Waals surface area contributed by atoms with E-state index in [0.717, 1.165) is 18.4 Å². The van der Waals surface area contributed by atoms with Crippen molar-refractivity contribution in [2.75, 3.05) is 0 Å². The molecule has 1 saturated carbocycles. The summed E-state index contributed by atoms with van der Waals surface area (Å²) < 4.78 is 0. The van der Waals surface area contributed by atoms with Crippen LogP contribution in [0.25, 0.3) is 6.08 Å². The van der Waals surface area contributed by atoms with Gasteiger partial charge in [-0.2, -0.15) is 5.26 Å². The van der Waals surface area contributed by atoms with Crippen LogP contribution in [0, 0.1) is 11.5 Å². The van der Waals surface area contributed by atoms with Crippen LogP contribution in [-0.4, -0.2) is 11.9 Å². The van der Waals surface area contributed by atoms with Crippen molar-refractivity contribution in [3.63, 3.8) is 0 Å². The number of amidine groups is 1. The van der Waals surface area contributed by atoms with Crippen LogP contribution in [0.3, 0.4) is 0 Å². The number of halogens is 1. The fourth-order valence-corrected chi connectivity index (χ4v) is 2.46. The highest BCUT2D eigenvalue weighted by molar-refractivity contribution is 6.30. The standard InChI is InChI=1S/C16H18ClN3/c17-14-9-6-13(7-10-14)8-11-16(19-12-18)20-15-4-2-1-3-5-15/h6-11,15H,1-5H2,(H,19,20)/b11-8+. The maximum absolute atomic E-state index is 8.81. The molecule has 1 aliphatic carbocycles. The molecule has 0 amide bonds. The lowest BCUT2D eigenvalue weighted by atomic mass is 9.96. The Hall–Kier alpha value is -1.79. The van der Waals surface area contributed by atoms with Crippen LogP contribution < -0.4 is 5.32 Å². The Morgan fingerprint density at radius 2 is 1.95 bits per heavy atom. The summed E-state index contributed by atoms with van der Waals surface area (Å²) in [5, 5.41) is 12.2. The van der Waals surface area contributed by atoms with Crippen molar-refractivity contribution >= 4 is 23.5 Å². The molecular weight excluding hydrogens is 270 g/mol. The lowest BCUT2D eigenvalue weighted by molar-refractivity contribution is 0.443. The Kier molecular flexibility index (Phi) is 5.64. The highest BCUT2D eigenvalue weighted by Crippen LogP contribution is 2.20. The molecule has 1 fully saturated rings. The number of nitriles is 1. The average molecular weight is 288 g/mol. The molecule has 1 aliphatic rings. The van der Waals surface area contributed by atoms with Crippen LogP contribution in [0.2, 0.25) is 5.02 Å². The van der Waals surface area contributed by atoms with Crippen molar-refractivity contribution in [2.45, 2.75) is 38.1 Å². The minimum atomic E-state index is 0.342. The third kappa shape index (κ3) is 4.71. The normalized spacial score (nSPS) is 17.1. The monoisotopic (exact) mass is 287 g/mol. The van der Waals surface area contributed by atoms with Crippen molar-refractivity contribution in [2.24, 2.45) is 4.99 Å². The number of rotatable bonds is 3. The molecule has 0 heterocycles. The Morgan fingerprint density at radius 1 is 1.25 bits per heavy atom. The van der Waals surface area contributed by atoms with Crippen LogP contribution >= 0.6 is 11.6 Å². The molecule has 0 aliphatic heterocycles. The van der Waals surface area contributed by atoms with E-state index < -0.39 is 0 Å². The molecule has 0 spiro atoms. The summed E-state index contributed by atoms with van der Waals surface area (Å²) >= 11 is 5.85. The van der Waals surface area contributed by atoms with Gasteiger partial charge in [0.15, 0.2) is 6.19 Å². The minimum absolute atomic E-state index is 0.342. The van der Waals surface area contributed by atoms with E-state index in [0.29, 0.717) is 16.9 Å². The highest BCUT2D eigenvalue weighted by Gasteiger charge is 2.12. The lowest BCUT2D eigenvalue weighted by Gasteiger charge is -2.18. The van der Waals surface area contributed by atoms with Crippen LogP contribution in [0.1, 0.15) is 37.7 Å². The second kappa shape index (κ2) is 7.72. The molecule has 4 heteroatoms. The summed E-state index contributed by atoms with van der Waals surface area (Å²) in [6.07, 6.45) is 11.7. The molecule has 3 nitrogen and oxygen atoms in total. The number of nitrogens with zero attached hydrogens (tertiary/aromatic N) is 2. The summed E-state index contributed by atoms with van der Waals surface area (Å²) in [6, 6.07) is 7.90. The van der Waals surface area contributed by atoms with E-state index in [2.05, 4.69) is 10.3 Å². The fraction of sp³-hybridized carbons (Fsp3) is 0.375. The van der Waals surface area contributed by atoms with Gasteiger partial charge in [-0.25, -0.2) is 0 Å². The van der Waals surface area contributed by atoms with E-state index in [1.54, 1.807) is 0 Å². The van der Waals surface area contributed by atoms with Gasteiger partial charge in [0.05, 0.1) is 6.04 Å². The van der Waals surface area contributed by atoms with Gasteiger partial charge in [-0.15, -0.1) is 0 Å². The topological polar surface area (TPSA) is 48.2 Å². The van der Waals surface area contributed by atoms with Crippen molar-refractivity contribution in [3.05, 3.63) is 40.9 Å². The van der Waals surface area contributed by atoms with Gasteiger partial charge in [0, 0.05) is 5.02 Å². The van der Waals surface area contributed by atoms with Crippen LogP contribution in [0.5, 0.6) is 0 Å². The maximum atomic E-state index is 8.81. The first-order chi connectivity index (χ1) is 9.78. The molecular formula is C16H18ClN3. The van der Waals surface area contributed by atoms with Crippen LogP contribution in [0.4, 0.5) is 0 Å². The SMILES string of the molecule is N#CNC(/C=C/c1ccc(Cl)cc1)=NC1CCCCC1. The molecule has 0 saturated heterocycles. The van der Waals surface area contributed by atoms with Gasteiger partial charge in [-0.3, -0.25) is 10.3 Å². The van der Waals surface area contributed by atoms with Crippen molar-refractivity contribution in [1.82, 2.24) is 5.32 Å². The lowest BCUT2D eigenvalue weighted by Crippen LogP contribution is -2.20. The molecule has 1 aromatic rings. The van der Waals surface area contributed by atoms with E-state index in [-0.39, 0.29) is 0 Å². The smallest absolute Gasteiger partial charge is 0.182 e. The van der Waals surface area contributed by atoms with Gasteiger partial charge >= 0.3 is 0 Å². The second-order valence-corrected chi connectivity index (χ2v) is 5.36. The predicted molar refractivity (Wildman–Crippen MR) is 83.5 cm³/mol. The maximum Gasteiger partial charge on any atom is 0.182 e. The number of hydrogen-bond donors (Lipinski definition) is 1. The molecule has 20 heavy (non-hydrogen) atoms. The first-order valence-electron chi connectivity index (χ1n) is 6.94. The van der Waals surface area contributed by atoms with E-state index in [1.165, 1.54) is 19.3 Å². The largest absolute Gasteiger partial charge is 0.277 e. The van der Waals surface area contributed by atoms with Crippen molar-refractivity contribution in [1.29, 1.82) is 5.26 Å². The van der Waals surface area contributed by atoms with Crippen molar-refractivity contribution < 1.29 is 0 Å².